The number of anilines is 1. The summed E-state index contributed by atoms with van der Waals surface area (Å²) in [5.41, 5.74) is 8.78. The molecule has 0 spiro atoms. The molecule has 3 aromatic carbocycles. The Morgan fingerprint density at radius 3 is 1.72 bits per heavy atom. The normalized spacial score (nSPS) is 10.3. The van der Waals surface area contributed by atoms with Crippen molar-refractivity contribution in [2.45, 2.75) is 13.2 Å². The van der Waals surface area contributed by atoms with Crippen LogP contribution in [0.2, 0.25) is 0 Å². The van der Waals surface area contributed by atoms with Crippen LogP contribution in [0.25, 0.3) is 0 Å². The van der Waals surface area contributed by atoms with Gasteiger partial charge in [-0.15, -0.1) is 0 Å². The van der Waals surface area contributed by atoms with Gasteiger partial charge in [-0.25, -0.2) is 0 Å². The van der Waals surface area contributed by atoms with Gasteiger partial charge in [0.25, 0.3) is 0 Å². The number of hydrogen-bond donors (Lipinski definition) is 1. The minimum atomic E-state index is 0.443. The van der Waals surface area contributed by atoms with Crippen LogP contribution in [0.4, 0.5) is 5.69 Å². The van der Waals surface area contributed by atoms with Crippen LogP contribution in [0.1, 0.15) is 11.1 Å². The lowest BCUT2D eigenvalue weighted by Crippen LogP contribution is -2.02. The van der Waals surface area contributed by atoms with Crippen molar-refractivity contribution in [2.24, 2.45) is 0 Å². The van der Waals surface area contributed by atoms with Gasteiger partial charge in [-0.1, -0.05) is 60.7 Å². The molecule has 128 valence electrons. The molecule has 3 aromatic rings. The molecule has 3 rings (SSSR count). The third-order valence-electron chi connectivity index (χ3n) is 3.77. The number of nitrogens with two attached hydrogens (primary N) is 1. The van der Waals surface area contributed by atoms with Gasteiger partial charge >= 0.3 is 0 Å². The molecule has 0 saturated carbocycles. The van der Waals surface area contributed by atoms with Gasteiger partial charge in [-0.3, -0.25) is 0 Å². The van der Waals surface area contributed by atoms with E-state index >= 15 is 0 Å². The highest BCUT2D eigenvalue weighted by Gasteiger charge is 2.11. The van der Waals surface area contributed by atoms with E-state index < -0.39 is 0 Å². The van der Waals surface area contributed by atoms with Crippen molar-refractivity contribution in [3.63, 3.8) is 0 Å². The average molecular weight is 335 g/mol. The maximum Gasteiger partial charge on any atom is 0.164 e. The summed E-state index contributed by atoms with van der Waals surface area (Å²) < 4.78 is 17.1. The Morgan fingerprint density at radius 1 is 0.680 bits per heavy atom. The van der Waals surface area contributed by atoms with Crippen molar-refractivity contribution >= 4 is 5.69 Å². The van der Waals surface area contributed by atoms with Crippen LogP contribution >= 0.6 is 0 Å². The zero-order valence-corrected chi connectivity index (χ0v) is 14.1. The minimum Gasteiger partial charge on any atom is -0.493 e. The minimum absolute atomic E-state index is 0.443. The predicted molar refractivity (Wildman–Crippen MR) is 99.0 cm³/mol. The van der Waals surface area contributed by atoms with Crippen LogP contribution in [-0.4, -0.2) is 7.11 Å². The molecule has 0 bridgehead atoms. The molecule has 4 nitrogen and oxygen atoms in total. The molecule has 0 unspecified atom stereocenters. The lowest BCUT2D eigenvalue weighted by Gasteiger charge is -2.15. The Hall–Kier alpha value is -3.14. The molecule has 0 radical (unpaired) electrons. The largest absolute Gasteiger partial charge is 0.493 e. The summed E-state index contributed by atoms with van der Waals surface area (Å²) in [7, 11) is 1.60. The number of nitrogen functional groups attached to an aromatic ring is 1. The summed E-state index contributed by atoms with van der Waals surface area (Å²) in [4.78, 5) is 0. The van der Waals surface area contributed by atoms with Gasteiger partial charge in [-0.2, -0.15) is 0 Å². The molecule has 0 heterocycles. The lowest BCUT2D eigenvalue weighted by molar-refractivity contribution is 0.278. The topological polar surface area (TPSA) is 53.7 Å². The lowest BCUT2D eigenvalue weighted by atomic mass is 10.2. The van der Waals surface area contributed by atoms with E-state index in [4.69, 9.17) is 19.9 Å². The maximum absolute atomic E-state index is 6.12. The number of ether oxygens (including phenoxy) is 3. The Labute approximate surface area is 147 Å². The summed E-state index contributed by atoms with van der Waals surface area (Å²) in [5, 5.41) is 0. The second-order valence-corrected chi connectivity index (χ2v) is 5.59. The van der Waals surface area contributed by atoms with E-state index in [1.165, 1.54) is 0 Å². The zero-order valence-electron chi connectivity index (χ0n) is 14.1. The molecule has 2 N–H and O–H groups in total. The van der Waals surface area contributed by atoms with Crippen molar-refractivity contribution in [2.75, 3.05) is 12.8 Å². The molecular weight excluding hydrogens is 314 g/mol. The summed E-state index contributed by atoms with van der Waals surface area (Å²) >= 11 is 0. The third-order valence-corrected chi connectivity index (χ3v) is 3.77. The van der Waals surface area contributed by atoms with E-state index in [1.807, 2.05) is 60.7 Å². The number of hydrogen-bond acceptors (Lipinski definition) is 4. The monoisotopic (exact) mass is 335 g/mol. The highest BCUT2D eigenvalue weighted by molar-refractivity contribution is 5.62. The molecular formula is C21H21NO3. The van der Waals surface area contributed by atoms with E-state index in [2.05, 4.69) is 0 Å². The zero-order chi connectivity index (χ0) is 17.5. The van der Waals surface area contributed by atoms with Crippen molar-refractivity contribution in [1.29, 1.82) is 0 Å². The number of methoxy groups -OCH3 is 1. The molecule has 0 aliphatic heterocycles. The standard InChI is InChI=1S/C21H21NO3/c1-23-20-13-19(24-14-16-8-4-2-5-9-16)18(22)12-21(20)25-15-17-10-6-3-7-11-17/h2-13H,14-15,22H2,1H3. The Bertz CT molecular complexity index is 804. The summed E-state index contributed by atoms with van der Waals surface area (Å²) in [6, 6.07) is 23.4. The average Bonchev–Trinajstić information content (AvgIpc) is 2.67. The fourth-order valence-corrected chi connectivity index (χ4v) is 2.42. The van der Waals surface area contributed by atoms with E-state index in [0.29, 0.717) is 36.1 Å². The van der Waals surface area contributed by atoms with E-state index in [-0.39, 0.29) is 0 Å². The van der Waals surface area contributed by atoms with Crippen LogP contribution in [0.3, 0.4) is 0 Å². The van der Waals surface area contributed by atoms with E-state index in [9.17, 15) is 0 Å². The molecule has 0 aromatic heterocycles. The van der Waals surface area contributed by atoms with Crippen LogP contribution < -0.4 is 19.9 Å². The maximum atomic E-state index is 6.12. The highest BCUT2D eigenvalue weighted by atomic mass is 16.5. The second-order valence-electron chi connectivity index (χ2n) is 5.59. The van der Waals surface area contributed by atoms with Crippen LogP contribution in [0, 0.1) is 0 Å². The third kappa shape index (κ3) is 4.44. The summed E-state index contributed by atoms with van der Waals surface area (Å²) in [5.74, 6) is 1.76. The SMILES string of the molecule is COc1cc(OCc2ccccc2)c(N)cc1OCc1ccccc1. The molecule has 0 saturated heterocycles. The summed E-state index contributed by atoms with van der Waals surface area (Å²) in [6.07, 6.45) is 0. The Balaban J connectivity index is 1.71. The van der Waals surface area contributed by atoms with Crippen molar-refractivity contribution in [3.8, 4) is 17.2 Å². The first-order valence-corrected chi connectivity index (χ1v) is 8.07. The molecule has 25 heavy (non-hydrogen) atoms. The Morgan fingerprint density at radius 2 is 1.20 bits per heavy atom. The van der Waals surface area contributed by atoms with Crippen LogP contribution in [-0.2, 0) is 13.2 Å². The van der Waals surface area contributed by atoms with Crippen molar-refractivity contribution < 1.29 is 14.2 Å². The predicted octanol–water partition coefficient (Wildman–Crippen LogP) is 4.44. The Kier molecular flexibility index (Phi) is 5.42. The van der Waals surface area contributed by atoms with Gasteiger partial charge in [0.15, 0.2) is 11.5 Å². The smallest absolute Gasteiger partial charge is 0.164 e. The van der Waals surface area contributed by atoms with Gasteiger partial charge in [0.05, 0.1) is 12.8 Å². The fourth-order valence-electron chi connectivity index (χ4n) is 2.42. The van der Waals surface area contributed by atoms with Gasteiger partial charge < -0.3 is 19.9 Å². The van der Waals surface area contributed by atoms with Crippen LogP contribution in [0.15, 0.2) is 72.8 Å². The first-order chi connectivity index (χ1) is 12.3. The van der Waals surface area contributed by atoms with Gasteiger partial charge in [-0.05, 0) is 11.1 Å². The molecule has 4 heteroatoms. The van der Waals surface area contributed by atoms with E-state index in [0.717, 1.165) is 11.1 Å². The second kappa shape index (κ2) is 8.11. The first kappa shape index (κ1) is 16.7. The number of benzene rings is 3. The van der Waals surface area contributed by atoms with Crippen molar-refractivity contribution in [1.82, 2.24) is 0 Å². The van der Waals surface area contributed by atoms with Gasteiger partial charge in [0.1, 0.15) is 19.0 Å². The summed E-state index contributed by atoms with van der Waals surface area (Å²) in [6.45, 7) is 0.888. The van der Waals surface area contributed by atoms with Gasteiger partial charge in [0, 0.05) is 12.1 Å². The first-order valence-electron chi connectivity index (χ1n) is 8.07. The van der Waals surface area contributed by atoms with Gasteiger partial charge in [0.2, 0.25) is 0 Å². The molecule has 0 aliphatic rings. The molecule has 0 fully saturated rings. The molecule has 0 atom stereocenters. The fraction of sp³-hybridized carbons (Fsp3) is 0.143. The van der Waals surface area contributed by atoms with E-state index in [1.54, 1.807) is 19.2 Å². The van der Waals surface area contributed by atoms with Crippen molar-refractivity contribution in [3.05, 3.63) is 83.9 Å². The quantitative estimate of drug-likeness (QED) is 0.649. The highest BCUT2D eigenvalue weighted by Crippen LogP contribution is 2.37. The van der Waals surface area contributed by atoms with Crippen LogP contribution in [0.5, 0.6) is 17.2 Å². The molecule has 0 aliphatic carbocycles. The number of rotatable bonds is 7. The molecule has 0 amide bonds.